The molecule has 1 nitrogen and oxygen atoms in total. The van der Waals surface area contributed by atoms with Gasteiger partial charge in [0.05, 0.1) is 6.10 Å². The lowest BCUT2D eigenvalue weighted by Gasteiger charge is -2.01. The molecule has 1 N–H and O–H groups in total. The summed E-state index contributed by atoms with van der Waals surface area (Å²) >= 11 is 0. The minimum absolute atomic E-state index is 0.309. The van der Waals surface area contributed by atoms with Crippen LogP contribution in [0.3, 0.4) is 0 Å². The second-order valence-corrected chi connectivity index (χ2v) is 2.15. The van der Waals surface area contributed by atoms with Crippen LogP contribution in [0.5, 0.6) is 0 Å². The zero-order valence-corrected chi connectivity index (χ0v) is 5.84. The zero-order chi connectivity index (χ0) is 7.11. The molecule has 0 fully saturated rings. The average Bonchev–Trinajstić information content (AvgIpc) is 1.89. The van der Waals surface area contributed by atoms with E-state index in [0.717, 1.165) is 25.7 Å². The van der Waals surface area contributed by atoms with Gasteiger partial charge in [-0.15, -0.1) is 6.58 Å². The third-order valence-corrected chi connectivity index (χ3v) is 1.27. The van der Waals surface area contributed by atoms with Gasteiger partial charge in [0.15, 0.2) is 0 Å². The van der Waals surface area contributed by atoms with Crippen molar-refractivity contribution in [1.29, 1.82) is 0 Å². The standard InChI is InChI=1S/C8H15O/c1-3-5-6-7-8(9)4-2/h4,8-9H,1-3,5-7H2. The monoisotopic (exact) mass is 127 g/mol. The lowest BCUT2D eigenvalue weighted by atomic mass is 10.1. The summed E-state index contributed by atoms with van der Waals surface area (Å²) in [5.41, 5.74) is 0. The number of aliphatic hydroxyl groups excluding tert-OH is 1. The second-order valence-electron chi connectivity index (χ2n) is 2.15. The van der Waals surface area contributed by atoms with E-state index in [4.69, 9.17) is 5.11 Å². The minimum atomic E-state index is -0.309. The number of rotatable bonds is 5. The summed E-state index contributed by atoms with van der Waals surface area (Å²) in [6.45, 7) is 7.17. The number of hydrogen-bond acceptors (Lipinski definition) is 1. The lowest BCUT2D eigenvalue weighted by molar-refractivity contribution is 0.209. The molecule has 0 spiro atoms. The summed E-state index contributed by atoms with van der Waals surface area (Å²) in [5.74, 6) is 0. The molecule has 9 heavy (non-hydrogen) atoms. The number of unbranched alkanes of at least 4 members (excludes halogenated alkanes) is 2. The summed E-state index contributed by atoms with van der Waals surface area (Å²) in [4.78, 5) is 0. The van der Waals surface area contributed by atoms with Crippen molar-refractivity contribution in [3.63, 3.8) is 0 Å². The highest BCUT2D eigenvalue weighted by molar-refractivity contribution is 4.77. The molecule has 0 saturated heterocycles. The van der Waals surface area contributed by atoms with Gasteiger partial charge in [0.1, 0.15) is 0 Å². The van der Waals surface area contributed by atoms with E-state index in [1.54, 1.807) is 6.08 Å². The minimum Gasteiger partial charge on any atom is -0.389 e. The Balaban J connectivity index is 2.96. The second kappa shape index (κ2) is 5.83. The van der Waals surface area contributed by atoms with Gasteiger partial charge in [-0.25, -0.2) is 0 Å². The van der Waals surface area contributed by atoms with Crippen LogP contribution in [-0.2, 0) is 0 Å². The van der Waals surface area contributed by atoms with Gasteiger partial charge < -0.3 is 5.11 Å². The first-order chi connectivity index (χ1) is 4.31. The summed E-state index contributed by atoms with van der Waals surface area (Å²) < 4.78 is 0. The third-order valence-electron chi connectivity index (χ3n) is 1.27. The van der Waals surface area contributed by atoms with Gasteiger partial charge in [-0.05, 0) is 6.42 Å². The predicted molar refractivity (Wildman–Crippen MR) is 40.0 cm³/mol. The summed E-state index contributed by atoms with van der Waals surface area (Å²) in [5, 5.41) is 8.95. The van der Waals surface area contributed by atoms with Gasteiger partial charge in [-0.1, -0.05) is 32.3 Å². The molecule has 0 aromatic rings. The molecule has 0 saturated carbocycles. The fraction of sp³-hybridized carbons (Fsp3) is 0.625. The highest BCUT2D eigenvalue weighted by Crippen LogP contribution is 2.02. The van der Waals surface area contributed by atoms with Crippen molar-refractivity contribution in [2.75, 3.05) is 0 Å². The molecule has 0 aromatic heterocycles. The van der Waals surface area contributed by atoms with E-state index >= 15 is 0 Å². The van der Waals surface area contributed by atoms with Gasteiger partial charge in [0.25, 0.3) is 0 Å². The maximum Gasteiger partial charge on any atom is 0.0718 e. The molecular weight excluding hydrogens is 112 g/mol. The van der Waals surface area contributed by atoms with Gasteiger partial charge in [0, 0.05) is 0 Å². The fourth-order valence-electron chi connectivity index (χ4n) is 0.648. The first kappa shape index (κ1) is 8.70. The van der Waals surface area contributed by atoms with Gasteiger partial charge >= 0.3 is 0 Å². The van der Waals surface area contributed by atoms with Crippen molar-refractivity contribution < 1.29 is 5.11 Å². The van der Waals surface area contributed by atoms with E-state index in [0.29, 0.717) is 0 Å². The number of hydrogen-bond donors (Lipinski definition) is 1. The van der Waals surface area contributed by atoms with Crippen LogP contribution in [0.4, 0.5) is 0 Å². The van der Waals surface area contributed by atoms with Crippen LogP contribution in [0.2, 0.25) is 0 Å². The molecule has 1 heteroatoms. The highest BCUT2D eigenvalue weighted by Gasteiger charge is 1.94. The van der Waals surface area contributed by atoms with E-state index < -0.39 is 0 Å². The van der Waals surface area contributed by atoms with E-state index in [-0.39, 0.29) is 6.10 Å². The average molecular weight is 127 g/mol. The van der Waals surface area contributed by atoms with E-state index in [9.17, 15) is 0 Å². The quantitative estimate of drug-likeness (QED) is 0.442. The Bertz CT molecular complexity index is 69.0. The maximum absolute atomic E-state index is 8.95. The van der Waals surface area contributed by atoms with E-state index in [1.807, 2.05) is 0 Å². The van der Waals surface area contributed by atoms with Crippen molar-refractivity contribution in [2.24, 2.45) is 0 Å². The lowest BCUT2D eigenvalue weighted by Crippen LogP contribution is -1.99. The van der Waals surface area contributed by atoms with Gasteiger partial charge in [0.2, 0.25) is 0 Å². The highest BCUT2D eigenvalue weighted by atomic mass is 16.3. The normalized spacial score (nSPS) is 13.1. The van der Waals surface area contributed by atoms with Crippen LogP contribution >= 0.6 is 0 Å². The molecule has 53 valence electrons. The van der Waals surface area contributed by atoms with Crippen LogP contribution in [0.25, 0.3) is 0 Å². The molecule has 0 aliphatic rings. The molecule has 0 bridgehead atoms. The molecule has 1 atom stereocenters. The first-order valence-corrected chi connectivity index (χ1v) is 3.41. The van der Waals surface area contributed by atoms with Crippen LogP contribution in [-0.4, -0.2) is 11.2 Å². The maximum atomic E-state index is 8.95. The Morgan fingerprint density at radius 1 is 1.44 bits per heavy atom. The molecule has 1 unspecified atom stereocenters. The molecule has 0 rings (SSSR count). The Labute approximate surface area is 57.4 Å². The van der Waals surface area contributed by atoms with Crippen LogP contribution in [0, 0.1) is 6.92 Å². The first-order valence-electron chi connectivity index (χ1n) is 3.41. The van der Waals surface area contributed by atoms with Crippen molar-refractivity contribution >= 4 is 0 Å². The topological polar surface area (TPSA) is 20.2 Å². The summed E-state index contributed by atoms with van der Waals surface area (Å²) in [6.07, 6.45) is 5.21. The molecule has 0 amide bonds. The Morgan fingerprint density at radius 3 is 2.56 bits per heavy atom. The predicted octanol–water partition coefficient (Wildman–Crippen LogP) is 1.93. The van der Waals surface area contributed by atoms with Crippen LogP contribution in [0.15, 0.2) is 12.7 Å². The SMILES string of the molecule is [CH2]CCCCC(O)C=C. The molecule has 0 aromatic carbocycles. The molecular formula is C8H15O. The summed E-state index contributed by atoms with van der Waals surface area (Å²) in [6, 6.07) is 0. The summed E-state index contributed by atoms with van der Waals surface area (Å²) in [7, 11) is 0. The largest absolute Gasteiger partial charge is 0.389 e. The zero-order valence-electron chi connectivity index (χ0n) is 5.84. The van der Waals surface area contributed by atoms with Crippen LogP contribution in [0.1, 0.15) is 25.7 Å². The molecule has 0 aliphatic carbocycles. The molecule has 1 radical (unpaired) electrons. The Kier molecular flexibility index (Phi) is 5.64. The van der Waals surface area contributed by atoms with E-state index in [2.05, 4.69) is 13.5 Å². The third kappa shape index (κ3) is 5.57. The Morgan fingerprint density at radius 2 is 2.11 bits per heavy atom. The smallest absolute Gasteiger partial charge is 0.0718 e. The Hall–Kier alpha value is -0.300. The molecule has 0 aliphatic heterocycles. The fourth-order valence-corrected chi connectivity index (χ4v) is 0.648. The van der Waals surface area contributed by atoms with Crippen LogP contribution < -0.4 is 0 Å². The molecule has 0 heterocycles. The van der Waals surface area contributed by atoms with Crippen molar-refractivity contribution in [3.8, 4) is 0 Å². The number of aliphatic hydroxyl groups is 1. The van der Waals surface area contributed by atoms with E-state index in [1.165, 1.54) is 0 Å². The van der Waals surface area contributed by atoms with Gasteiger partial charge in [-0.2, -0.15) is 0 Å². The van der Waals surface area contributed by atoms with Crippen molar-refractivity contribution in [3.05, 3.63) is 19.6 Å². The van der Waals surface area contributed by atoms with Crippen molar-refractivity contribution in [1.82, 2.24) is 0 Å². The van der Waals surface area contributed by atoms with Crippen molar-refractivity contribution in [2.45, 2.75) is 31.8 Å². The van der Waals surface area contributed by atoms with Gasteiger partial charge in [-0.3, -0.25) is 0 Å².